The molecule has 1 amide bonds. The maximum absolute atomic E-state index is 11.6. The van der Waals surface area contributed by atoms with Gasteiger partial charge in [0, 0.05) is 17.7 Å². The van der Waals surface area contributed by atoms with Gasteiger partial charge in [-0.3, -0.25) is 4.90 Å². The maximum Gasteiger partial charge on any atom is 0.408 e. The molecule has 0 aliphatic heterocycles. The highest BCUT2D eigenvalue weighted by Crippen LogP contribution is 2.37. The summed E-state index contributed by atoms with van der Waals surface area (Å²) in [5.41, 5.74) is -0.809. The molecule has 0 atom stereocenters. The van der Waals surface area contributed by atoms with Gasteiger partial charge in [-0.25, -0.2) is 4.79 Å². The molecule has 0 spiro atoms. The molecule has 0 saturated heterocycles. The van der Waals surface area contributed by atoms with Crippen LogP contribution in [-0.2, 0) is 4.43 Å². The largest absolute Gasteiger partial charge is 0.465 e. The van der Waals surface area contributed by atoms with E-state index in [0.717, 1.165) is 12.8 Å². The smallest absolute Gasteiger partial charge is 0.408 e. The third-order valence-corrected chi connectivity index (χ3v) is 9.21. The summed E-state index contributed by atoms with van der Waals surface area (Å²) in [5, 5.41) is 9.75. The molecule has 5 heteroatoms. The van der Waals surface area contributed by atoms with Crippen molar-refractivity contribution in [1.29, 1.82) is 0 Å². The predicted molar refractivity (Wildman–Crippen MR) is 96.1 cm³/mol. The Morgan fingerprint density at radius 3 is 1.82 bits per heavy atom. The minimum atomic E-state index is -1.72. The molecule has 0 aliphatic carbocycles. The molecule has 0 fully saturated rings. The van der Waals surface area contributed by atoms with Crippen LogP contribution >= 0.6 is 0 Å². The molecule has 0 unspecified atom stereocenters. The monoisotopic (exact) mass is 331 g/mol. The Labute approximate surface area is 138 Å². The van der Waals surface area contributed by atoms with Crippen LogP contribution in [0, 0.1) is 0 Å². The third kappa shape index (κ3) is 5.92. The molecule has 0 rings (SSSR count). The molecule has 132 valence electrons. The fraction of sp³-hybridized carbons (Fsp3) is 0.941. The van der Waals surface area contributed by atoms with Crippen molar-refractivity contribution in [1.82, 2.24) is 4.90 Å². The first kappa shape index (κ1) is 21.4. The zero-order valence-corrected chi connectivity index (χ0v) is 17.3. The zero-order valence-electron chi connectivity index (χ0n) is 16.3. The van der Waals surface area contributed by atoms with E-state index in [-0.39, 0.29) is 5.04 Å². The maximum atomic E-state index is 11.6. The number of nitrogens with zero attached hydrogens (tertiary/aromatic N) is 1. The zero-order chi connectivity index (χ0) is 18.0. The summed E-state index contributed by atoms with van der Waals surface area (Å²) in [6.45, 7) is 21.7. The molecule has 0 radical (unpaired) electrons. The molecular formula is C17H37NO3Si. The van der Waals surface area contributed by atoms with Gasteiger partial charge in [-0.15, -0.1) is 0 Å². The number of amides is 1. The molecule has 4 nitrogen and oxygen atoms in total. The fourth-order valence-corrected chi connectivity index (χ4v) is 3.70. The molecule has 1 N–H and O–H groups in total. The SMILES string of the molecule is CC(C)(C)N(C(=O)O)C(C)(C)CCCO[Si](C)(C)C(C)(C)C. The van der Waals surface area contributed by atoms with Crippen LogP contribution < -0.4 is 0 Å². The molecule has 0 aromatic rings. The van der Waals surface area contributed by atoms with Crippen molar-refractivity contribution in [3.05, 3.63) is 0 Å². The average Bonchev–Trinajstić information content (AvgIpc) is 2.19. The van der Waals surface area contributed by atoms with Crippen molar-refractivity contribution >= 4 is 14.4 Å². The van der Waals surface area contributed by atoms with E-state index in [1.54, 1.807) is 4.90 Å². The second-order valence-corrected chi connectivity index (χ2v) is 14.1. The van der Waals surface area contributed by atoms with Gasteiger partial charge in [-0.1, -0.05) is 20.8 Å². The first-order chi connectivity index (χ1) is 9.52. The van der Waals surface area contributed by atoms with E-state index in [4.69, 9.17) is 4.43 Å². The summed E-state index contributed by atoms with van der Waals surface area (Å²) in [5.74, 6) is 0. The summed E-state index contributed by atoms with van der Waals surface area (Å²) in [6, 6.07) is 0. The van der Waals surface area contributed by atoms with E-state index < -0.39 is 25.5 Å². The highest BCUT2D eigenvalue weighted by molar-refractivity contribution is 6.74. The normalized spacial score (nSPS) is 14.1. The molecule has 0 aliphatic rings. The minimum Gasteiger partial charge on any atom is -0.465 e. The van der Waals surface area contributed by atoms with Gasteiger partial charge >= 0.3 is 6.09 Å². The molecular weight excluding hydrogens is 294 g/mol. The van der Waals surface area contributed by atoms with Crippen LogP contribution in [0.5, 0.6) is 0 Å². The lowest BCUT2D eigenvalue weighted by molar-refractivity contribution is 0.0262. The second-order valence-electron chi connectivity index (χ2n) is 9.31. The van der Waals surface area contributed by atoms with Crippen LogP contribution in [0.1, 0.15) is 68.2 Å². The van der Waals surface area contributed by atoms with E-state index in [0.29, 0.717) is 6.61 Å². The van der Waals surface area contributed by atoms with Crippen LogP contribution in [-0.4, -0.2) is 42.1 Å². The molecule has 0 heterocycles. The van der Waals surface area contributed by atoms with E-state index in [1.807, 2.05) is 34.6 Å². The number of carboxylic acid groups (broad SMARTS) is 1. The Bertz CT molecular complexity index is 378. The lowest BCUT2D eigenvalue weighted by Crippen LogP contribution is -2.56. The summed E-state index contributed by atoms with van der Waals surface area (Å²) in [7, 11) is -1.72. The summed E-state index contributed by atoms with van der Waals surface area (Å²) >= 11 is 0. The van der Waals surface area contributed by atoms with Crippen LogP contribution in [0.3, 0.4) is 0 Å². The van der Waals surface area contributed by atoms with E-state index in [1.165, 1.54) is 0 Å². The highest BCUT2D eigenvalue weighted by atomic mass is 28.4. The Morgan fingerprint density at radius 1 is 1.05 bits per heavy atom. The predicted octanol–water partition coefficient (Wildman–Crippen LogP) is 5.35. The van der Waals surface area contributed by atoms with Gasteiger partial charge in [0.1, 0.15) is 0 Å². The summed E-state index contributed by atoms with van der Waals surface area (Å²) < 4.78 is 6.19. The molecule has 0 aromatic carbocycles. The minimum absolute atomic E-state index is 0.209. The van der Waals surface area contributed by atoms with Crippen molar-refractivity contribution in [2.24, 2.45) is 0 Å². The van der Waals surface area contributed by atoms with Crippen molar-refractivity contribution in [2.75, 3.05) is 6.61 Å². The van der Waals surface area contributed by atoms with Crippen LogP contribution in [0.4, 0.5) is 4.79 Å². The first-order valence-electron chi connectivity index (χ1n) is 8.19. The Hall–Kier alpha value is -0.553. The Kier molecular flexibility index (Phi) is 6.74. The molecule has 0 bridgehead atoms. The van der Waals surface area contributed by atoms with Gasteiger partial charge in [-0.05, 0) is 65.6 Å². The summed E-state index contributed by atoms with van der Waals surface area (Å²) in [6.07, 6.45) is 0.813. The lowest BCUT2D eigenvalue weighted by atomic mass is 9.91. The van der Waals surface area contributed by atoms with Gasteiger partial charge in [-0.2, -0.15) is 0 Å². The Morgan fingerprint density at radius 2 is 1.50 bits per heavy atom. The van der Waals surface area contributed by atoms with Crippen molar-refractivity contribution < 1.29 is 14.3 Å². The average molecular weight is 332 g/mol. The topological polar surface area (TPSA) is 49.8 Å². The fourth-order valence-electron chi connectivity index (χ4n) is 2.61. The second kappa shape index (κ2) is 6.91. The van der Waals surface area contributed by atoms with E-state index >= 15 is 0 Å². The van der Waals surface area contributed by atoms with Crippen LogP contribution in [0.25, 0.3) is 0 Å². The van der Waals surface area contributed by atoms with Gasteiger partial charge in [0.05, 0.1) is 0 Å². The van der Waals surface area contributed by atoms with Crippen molar-refractivity contribution in [2.45, 2.75) is 97.4 Å². The number of hydrogen-bond donors (Lipinski definition) is 1. The third-order valence-electron chi connectivity index (χ3n) is 4.67. The standard InChI is InChI=1S/C17H37NO3Si/c1-15(2,3)18(14(19)20)17(7,8)12-11-13-21-22(9,10)16(4,5)6/h11-13H2,1-10H3,(H,19,20). The van der Waals surface area contributed by atoms with Gasteiger partial charge < -0.3 is 9.53 Å². The Balaban J connectivity index is 4.67. The lowest BCUT2D eigenvalue weighted by Gasteiger charge is -2.45. The number of rotatable bonds is 6. The van der Waals surface area contributed by atoms with Crippen molar-refractivity contribution in [3.63, 3.8) is 0 Å². The first-order valence-corrected chi connectivity index (χ1v) is 11.1. The van der Waals surface area contributed by atoms with Crippen LogP contribution in [0.2, 0.25) is 18.1 Å². The molecule has 0 aromatic heterocycles. The van der Waals surface area contributed by atoms with E-state index in [9.17, 15) is 9.90 Å². The van der Waals surface area contributed by atoms with Gasteiger partial charge in [0.2, 0.25) is 0 Å². The number of carbonyl (C=O) groups is 1. The molecule has 22 heavy (non-hydrogen) atoms. The molecule has 0 saturated carbocycles. The van der Waals surface area contributed by atoms with Crippen LogP contribution in [0.15, 0.2) is 0 Å². The quantitative estimate of drug-likeness (QED) is 0.527. The van der Waals surface area contributed by atoms with Crippen molar-refractivity contribution in [3.8, 4) is 0 Å². The summed E-state index contributed by atoms with van der Waals surface area (Å²) in [4.78, 5) is 13.2. The van der Waals surface area contributed by atoms with Gasteiger partial charge in [0.25, 0.3) is 0 Å². The highest BCUT2D eigenvalue weighted by Gasteiger charge is 2.39. The van der Waals surface area contributed by atoms with Gasteiger partial charge in [0.15, 0.2) is 8.32 Å². The number of hydrogen-bond acceptors (Lipinski definition) is 2. The van der Waals surface area contributed by atoms with E-state index in [2.05, 4.69) is 33.9 Å².